The fraction of sp³-hybridized carbons (Fsp3) is 0.400. The summed E-state index contributed by atoms with van der Waals surface area (Å²) in [6.07, 6.45) is 5.77. The van der Waals surface area contributed by atoms with E-state index in [4.69, 9.17) is 5.73 Å². The predicted octanol–water partition coefficient (Wildman–Crippen LogP) is 0.916. The Morgan fingerprint density at radius 1 is 1.43 bits per heavy atom. The lowest BCUT2D eigenvalue weighted by Gasteiger charge is -2.07. The highest BCUT2D eigenvalue weighted by Gasteiger charge is 2.40. The molecule has 72 valence electrons. The van der Waals surface area contributed by atoms with E-state index in [1.807, 2.05) is 17.8 Å². The van der Waals surface area contributed by atoms with Gasteiger partial charge in [-0.15, -0.1) is 0 Å². The molecule has 3 rings (SSSR count). The second-order valence-electron chi connectivity index (χ2n) is 4.08. The molecule has 14 heavy (non-hydrogen) atoms. The van der Waals surface area contributed by atoms with Crippen molar-refractivity contribution in [1.82, 2.24) is 14.5 Å². The minimum Gasteiger partial charge on any atom is -0.321 e. The van der Waals surface area contributed by atoms with E-state index in [2.05, 4.69) is 16.0 Å². The number of aromatic nitrogens is 3. The lowest BCUT2D eigenvalue weighted by molar-refractivity contribution is 0.736. The molecule has 1 aliphatic carbocycles. The standard InChI is InChI=1S/C10H12N4/c1-14-6-13-8-4-7(5-12-9(8)14)10(11)2-3-10/h4-6H,2-3,11H2,1H3. The molecule has 4 nitrogen and oxygen atoms in total. The maximum atomic E-state index is 6.09. The molecule has 0 saturated heterocycles. The van der Waals surface area contributed by atoms with Gasteiger partial charge in [0, 0.05) is 18.8 Å². The third-order valence-electron chi connectivity index (χ3n) is 2.91. The van der Waals surface area contributed by atoms with Gasteiger partial charge >= 0.3 is 0 Å². The highest BCUT2D eigenvalue weighted by molar-refractivity contribution is 5.71. The van der Waals surface area contributed by atoms with E-state index in [-0.39, 0.29) is 5.54 Å². The van der Waals surface area contributed by atoms with Crippen LogP contribution in [0.25, 0.3) is 11.2 Å². The molecular formula is C10H12N4. The molecule has 0 aromatic carbocycles. The van der Waals surface area contributed by atoms with Crippen LogP contribution in [0.4, 0.5) is 0 Å². The number of fused-ring (bicyclic) bond motifs is 1. The van der Waals surface area contributed by atoms with Crippen molar-refractivity contribution in [3.05, 3.63) is 24.2 Å². The smallest absolute Gasteiger partial charge is 0.159 e. The van der Waals surface area contributed by atoms with Crippen LogP contribution in [0.2, 0.25) is 0 Å². The largest absolute Gasteiger partial charge is 0.321 e. The average molecular weight is 188 g/mol. The molecule has 2 aromatic rings. The molecule has 0 bridgehead atoms. The van der Waals surface area contributed by atoms with E-state index >= 15 is 0 Å². The van der Waals surface area contributed by atoms with E-state index in [9.17, 15) is 0 Å². The molecule has 0 atom stereocenters. The number of nitrogens with zero attached hydrogens (tertiary/aromatic N) is 3. The minimum absolute atomic E-state index is 0.112. The molecule has 2 N–H and O–H groups in total. The van der Waals surface area contributed by atoms with Gasteiger partial charge in [-0.3, -0.25) is 0 Å². The first kappa shape index (κ1) is 7.94. The highest BCUT2D eigenvalue weighted by atomic mass is 15.1. The first-order valence-corrected chi connectivity index (χ1v) is 4.75. The molecule has 2 aromatic heterocycles. The summed E-state index contributed by atoms with van der Waals surface area (Å²) in [6, 6.07) is 2.05. The van der Waals surface area contributed by atoms with E-state index in [0.29, 0.717) is 0 Å². The molecule has 0 radical (unpaired) electrons. The molecule has 2 heterocycles. The molecule has 0 unspecified atom stereocenters. The monoisotopic (exact) mass is 188 g/mol. The lowest BCUT2D eigenvalue weighted by Crippen LogP contribution is -2.18. The van der Waals surface area contributed by atoms with Crippen LogP contribution in [0, 0.1) is 0 Å². The maximum absolute atomic E-state index is 6.09. The summed E-state index contributed by atoms with van der Waals surface area (Å²) in [5.41, 5.74) is 8.94. The number of nitrogens with two attached hydrogens (primary N) is 1. The number of hydrogen-bond acceptors (Lipinski definition) is 3. The molecule has 0 aliphatic heterocycles. The zero-order valence-corrected chi connectivity index (χ0v) is 8.07. The van der Waals surface area contributed by atoms with Crippen molar-refractivity contribution in [3.8, 4) is 0 Å². The van der Waals surface area contributed by atoms with Crippen LogP contribution >= 0.6 is 0 Å². The van der Waals surface area contributed by atoms with Gasteiger partial charge in [0.25, 0.3) is 0 Å². The quantitative estimate of drug-likeness (QED) is 0.723. The van der Waals surface area contributed by atoms with Gasteiger partial charge in [-0.1, -0.05) is 0 Å². The Morgan fingerprint density at radius 3 is 2.93 bits per heavy atom. The fourth-order valence-electron chi connectivity index (χ4n) is 1.71. The summed E-state index contributed by atoms with van der Waals surface area (Å²) in [6.45, 7) is 0. The summed E-state index contributed by atoms with van der Waals surface area (Å²) < 4.78 is 1.91. The lowest BCUT2D eigenvalue weighted by atomic mass is 10.1. The molecule has 4 heteroatoms. The van der Waals surface area contributed by atoms with Crippen molar-refractivity contribution in [2.75, 3.05) is 0 Å². The van der Waals surface area contributed by atoms with Gasteiger partial charge in [0.1, 0.15) is 5.52 Å². The van der Waals surface area contributed by atoms with Crippen LogP contribution in [-0.2, 0) is 12.6 Å². The summed E-state index contributed by atoms with van der Waals surface area (Å²) in [7, 11) is 1.94. The Balaban J connectivity index is 2.21. The highest BCUT2D eigenvalue weighted by Crippen LogP contribution is 2.42. The van der Waals surface area contributed by atoms with Crippen molar-refractivity contribution >= 4 is 11.2 Å². The van der Waals surface area contributed by atoms with Gasteiger partial charge in [0.15, 0.2) is 5.65 Å². The first-order chi connectivity index (χ1) is 6.69. The first-order valence-electron chi connectivity index (χ1n) is 4.75. The zero-order valence-electron chi connectivity index (χ0n) is 8.07. The number of imidazole rings is 1. The van der Waals surface area contributed by atoms with Crippen LogP contribution in [-0.4, -0.2) is 14.5 Å². The number of rotatable bonds is 1. The van der Waals surface area contributed by atoms with Crippen LogP contribution in [0.5, 0.6) is 0 Å². The number of aryl methyl sites for hydroxylation is 1. The Bertz CT molecular complexity index is 496. The van der Waals surface area contributed by atoms with E-state index in [0.717, 1.165) is 29.6 Å². The Hall–Kier alpha value is -1.42. The molecule has 0 spiro atoms. The van der Waals surface area contributed by atoms with Crippen LogP contribution < -0.4 is 5.73 Å². The molecule has 1 fully saturated rings. The minimum atomic E-state index is -0.112. The van der Waals surface area contributed by atoms with Gasteiger partial charge in [-0.25, -0.2) is 9.97 Å². The van der Waals surface area contributed by atoms with Crippen molar-refractivity contribution in [3.63, 3.8) is 0 Å². The summed E-state index contributed by atoms with van der Waals surface area (Å²) in [4.78, 5) is 8.63. The number of pyridine rings is 1. The molecule has 1 aliphatic rings. The summed E-state index contributed by atoms with van der Waals surface area (Å²) in [5.74, 6) is 0. The summed E-state index contributed by atoms with van der Waals surface area (Å²) >= 11 is 0. The molecular weight excluding hydrogens is 176 g/mol. The van der Waals surface area contributed by atoms with Gasteiger partial charge < -0.3 is 10.3 Å². The third kappa shape index (κ3) is 0.974. The normalized spacial score (nSPS) is 18.7. The van der Waals surface area contributed by atoms with Gasteiger partial charge in [-0.05, 0) is 24.5 Å². The Kier molecular flexibility index (Phi) is 1.32. The van der Waals surface area contributed by atoms with Gasteiger partial charge in [-0.2, -0.15) is 0 Å². The average Bonchev–Trinajstić information content (AvgIpc) is 2.84. The topological polar surface area (TPSA) is 56.7 Å². The van der Waals surface area contributed by atoms with Crippen LogP contribution in [0.15, 0.2) is 18.6 Å². The van der Waals surface area contributed by atoms with E-state index in [1.54, 1.807) is 6.33 Å². The molecule has 0 amide bonds. The summed E-state index contributed by atoms with van der Waals surface area (Å²) in [5, 5.41) is 0. The van der Waals surface area contributed by atoms with Crippen molar-refractivity contribution in [2.45, 2.75) is 18.4 Å². The van der Waals surface area contributed by atoms with Crippen LogP contribution in [0.1, 0.15) is 18.4 Å². The van der Waals surface area contributed by atoms with Gasteiger partial charge in [0.2, 0.25) is 0 Å². The van der Waals surface area contributed by atoms with Crippen molar-refractivity contribution in [1.29, 1.82) is 0 Å². The van der Waals surface area contributed by atoms with Crippen LogP contribution in [0.3, 0.4) is 0 Å². The second-order valence-corrected chi connectivity index (χ2v) is 4.08. The Morgan fingerprint density at radius 2 is 2.21 bits per heavy atom. The van der Waals surface area contributed by atoms with Crippen molar-refractivity contribution in [2.24, 2.45) is 12.8 Å². The molecule has 1 saturated carbocycles. The number of hydrogen-bond donors (Lipinski definition) is 1. The fourth-order valence-corrected chi connectivity index (χ4v) is 1.71. The zero-order chi connectivity index (χ0) is 9.76. The maximum Gasteiger partial charge on any atom is 0.159 e. The van der Waals surface area contributed by atoms with E-state index in [1.165, 1.54) is 0 Å². The Labute approximate surface area is 81.8 Å². The second kappa shape index (κ2) is 2.33. The van der Waals surface area contributed by atoms with Crippen molar-refractivity contribution < 1.29 is 0 Å². The van der Waals surface area contributed by atoms with E-state index < -0.39 is 0 Å². The third-order valence-corrected chi connectivity index (χ3v) is 2.91. The SMILES string of the molecule is Cn1cnc2cc(C3(N)CC3)cnc21. The van der Waals surface area contributed by atoms with Gasteiger partial charge in [0.05, 0.1) is 6.33 Å². The predicted molar refractivity (Wildman–Crippen MR) is 53.6 cm³/mol.